The van der Waals surface area contributed by atoms with Gasteiger partial charge in [0.25, 0.3) is 0 Å². The van der Waals surface area contributed by atoms with E-state index >= 15 is 0 Å². The highest BCUT2D eigenvalue weighted by atomic mass is 16.7. The molecule has 0 bridgehead atoms. The fourth-order valence-electron chi connectivity index (χ4n) is 1.11. The van der Waals surface area contributed by atoms with Gasteiger partial charge in [-0.05, 0) is 33.7 Å². The van der Waals surface area contributed by atoms with Crippen LogP contribution in [0.5, 0.6) is 0 Å². The molecule has 1 fully saturated rings. The molecule has 1 aliphatic rings. The fraction of sp³-hybridized carbons (Fsp3) is 0.778. The molecule has 0 amide bonds. The molecule has 1 aliphatic heterocycles. The molecular weight excluding hydrogens is 167 g/mol. The Hall–Kier alpha value is -0.475. The van der Waals surface area contributed by atoms with Gasteiger partial charge >= 0.3 is 7.12 Å². The third-order valence-electron chi connectivity index (χ3n) is 2.64. The Morgan fingerprint density at radius 1 is 1.08 bits per heavy atom. The van der Waals surface area contributed by atoms with Crippen molar-refractivity contribution in [1.82, 2.24) is 0 Å². The summed E-state index contributed by atoms with van der Waals surface area (Å²) in [5.74, 6) is 1.76. The maximum Gasteiger partial charge on any atom is 0.490 e. The van der Waals surface area contributed by atoms with Gasteiger partial charge in [-0.3, -0.25) is 0 Å². The summed E-state index contributed by atoms with van der Waals surface area (Å²) in [6, 6.07) is 0. The summed E-state index contributed by atoms with van der Waals surface area (Å²) in [6.45, 7) is 8.09. The Bertz CT molecular complexity index is 195. The average molecular weight is 184 g/mol. The summed E-state index contributed by atoms with van der Waals surface area (Å²) in [4.78, 5) is 0. The second-order valence-corrected chi connectivity index (χ2v) is 4.19. The third kappa shape index (κ3) is 2.06. The van der Waals surface area contributed by atoms with E-state index in [9.17, 15) is 0 Å². The summed E-state index contributed by atoms with van der Waals surface area (Å²) in [5.41, 5.74) is -0.536. The molecule has 0 radical (unpaired) electrons. The van der Waals surface area contributed by atoms with Gasteiger partial charge in [-0.15, -0.1) is 0 Å². The molecule has 1 rings (SSSR count). The van der Waals surface area contributed by atoms with Gasteiger partial charge < -0.3 is 14.0 Å². The smallest absolute Gasteiger partial charge is 0.490 e. The molecule has 1 saturated heterocycles. The first kappa shape index (κ1) is 10.6. The zero-order valence-electron chi connectivity index (χ0n) is 8.96. The average Bonchev–Trinajstić information content (AvgIpc) is 2.17. The van der Waals surface area contributed by atoms with E-state index < -0.39 is 0 Å². The Morgan fingerprint density at radius 2 is 1.54 bits per heavy atom. The minimum atomic E-state index is -0.301. The van der Waals surface area contributed by atoms with E-state index in [0.717, 1.165) is 0 Å². The van der Waals surface area contributed by atoms with Gasteiger partial charge in [0, 0.05) is 0 Å². The molecule has 0 aromatic carbocycles. The molecule has 0 spiro atoms. The molecule has 0 N–H and O–H groups in total. The van der Waals surface area contributed by atoms with Gasteiger partial charge in [-0.2, -0.15) is 0 Å². The van der Waals surface area contributed by atoms with Crippen molar-refractivity contribution in [2.45, 2.75) is 38.9 Å². The molecule has 13 heavy (non-hydrogen) atoms. The number of ether oxygens (including phenoxy) is 1. The number of hydrogen-bond donors (Lipinski definition) is 0. The lowest BCUT2D eigenvalue weighted by atomic mass is 9.90. The Labute approximate surface area is 80.2 Å². The Kier molecular flexibility index (Phi) is 2.73. The highest BCUT2D eigenvalue weighted by Crippen LogP contribution is 2.36. The van der Waals surface area contributed by atoms with Crippen LogP contribution in [0.25, 0.3) is 0 Å². The first-order valence-corrected chi connectivity index (χ1v) is 4.44. The minimum Gasteiger partial charge on any atom is -0.505 e. The lowest BCUT2D eigenvalue weighted by Gasteiger charge is -2.32. The highest BCUT2D eigenvalue weighted by molar-refractivity contribution is 6.51. The van der Waals surface area contributed by atoms with Crippen molar-refractivity contribution < 1.29 is 14.0 Å². The van der Waals surface area contributed by atoms with Crippen LogP contribution in [0, 0.1) is 0 Å². The number of methoxy groups -OCH3 is 1. The van der Waals surface area contributed by atoms with Gasteiger partial charge in [0.15, 0.2) is 0 Å². The quantitative estimate of drug-likeness (QED) is 0.483. The summed E-state index contributed by atoms with van der Waals surface area (Å²) in [7, 11) is 1.30. The molecule has 4 heteroatoms. The van der Waals surface area contributed by atoms with Crippen LogP contribution in [0.3, 0.4) is 0 Å². The van der Waals surface area contributed by atoms with Gasteiger partial charge in [-0.1, -0.05) is 0 Å². The highest BCUT2D eigenvalue weighted by Gasteiger charge is 2.50. The van der Waals surface area contributed by atoms with Crippen molar-refractivity contribution in [3.8, 4) is 0 Å². The largest absolute Gasteiger partial charge is 0.505 e. The van der Waals surface area contributed by atoms with Crippen LogP contribution in [0.1, 0.15) is 27.7 Å². The molecule has 0 unspecified atom stereocenters. The predicted octanol–water partition coefficient (Wildman–Crippen LogP) is 1.78. The van der Waals surface area contributed by atoms with E-state index in [1.807, 2.05) is 27.7 Å². The normalized spacial score (nSPS) is 25.5. The first-order valence-electron chi connectivity index (χ1n) is 4.44. The molecule has 0 atom stereocenters. The van der Waals surface area contributed by atoms with Crippen LogP contribution in [0.15, 0.2) is 12.2 Å². The molecular formula is C9H17BO3. The van der Waals surface area contributed by atoms with Crippen LogP contribution in [0.4, 0.5) is 0 Å². The molecule has 1 heterocycles. The molecule has 74 valence electrons. The van der Waals surface area contributed by atoms with E-state index in [1.54, 1.807) is 19.3 Å². The fourth-order valence-corrected chi connectivity index (χ4v) is 1.11. The first-order chi connectivity index (χ1) is 5.89. The molecule has 0 saturated carbocycles. The molecule has 0 aliphatic carbocycles. The van der Waals surface area contributed by atoms with E-state index in [4.69, 9.17) is 14.0 Å². The van der Waals surface area contributed by atoms with Gasteiger partial charge in [0.05, 0.1) is 24.6 Å². The maximum absolute atomic E-state index is 5.68. The van der Waals surface area contributed by atoms with Crippen LogP contribution >= 0.6 is 0 Å². The summed E-state index contributed by atoms with van der Waals surface area (Å²) >= 11 is 0. The molecule has 0 aromatic rings. The van der Waals surface area contributed by atoms with Crippen molar-refractivity contribution in [3.05, 3.63) is 12.2 Å². The minimum absolute atomic E-state index is 0.268. The van der Waals surface area contributed by atoms with E-state index in [1.165, 1.54) is 0 Å². The van der Waals surface area contributed by atoms with Crippen molar-refractivity contribution in [2.24, 2.45) is 0 Å². The van der Waals surface area contributed by atoms with Crippen LogP contribution < -0.4 is 0 Å². The third-order valence-corrected chi connectivity index (χ3v) is 2.64. The summed E-state index contributed by atoms with van der Waals surface area (Å²) in [5, 5.41) is 0. The van der Waals surface area contributed by atoms with Crippen LogP contribution in [0.2, 0.25) is 0 Å². The maximum atomic E-state index is 5.68. The Balaban J connectivity index is 2.65. The van der Waals surface area contributed by atoms with Crippen LogP contribution in [-0.4, -0.2) is 25.4 Å². The monoisotopic (exact) mass is 184 g/mol. The predicted molar refractivity (Wildman–Crippen MR) is 52.2 cm³/mol. The second kappa shape index (κ2) is 3.35. The van der Waals surface area contributed by atoms with Crippen molar-refractivity contribution >= 4 is 7.12 Å². The standard InChI is InChI=1S/C9H17BO3/c1-8(2)9(3,4)13-10(12-8)6-7-11-5/h6-7H,1-5H3/b7-6+. The van der Waals surface area contributed by atoms with E-state index in [2.05, 4.69) is 0 Å². The second-order valence-electron chi connectivity index (χ2n) is 4.19. The number of hydrogen-bond acceptors (Lipinski definition) is 3. The van der Waals surface area contributed by atoms with Crippen LogP contribution in [-0.2, 0) is 14.0 Å². The molecule has 3 nitrogen and oxygen atoms in total. The zero-order valence-corrected chi connectivity index (χ0v) is 8.96. The van der Waals surface area contributed by atoms with Crippen molar-refractivity contribution in [1.29, 1.82) is 0 Å². The van der Waals surface area contributed by atoms with Gasteiger partial charge in [0.2, 0.25) is 0 Å². The topological polar surface area (TPSA) is 27.7 Å². The van der Waals surface area contributed by atoms with Crippen molar-refractivity contribution in [3.63, 3.8) is 0 Å². The lowest BCUT2D eigenvalue weighted by molar-refractivity contribution is 0.00578. The van der Waals surface area contributed by atoms with Crippen molar-refractivity contribution in [2.75, 3.05) is 7.11 Å². The van der Waals surface area contributed by atoms with E-state index in [0.29, 0.717) is 0 Å². The Morgan fingerprint density at radius 3 is 1.92 bits per heavy atom. The molecule has 0 aromatic heterocycles. The van der Waals surface area contributed by atoms with Gasteiger partial charge in [-0.25, -0.2) is 0 Å². The lowest BCUT2D eigenvalue weighted by Crippen LogP contribution is -2.41. The zero-order chi connectivity index (χ0) is 10.1. The number of rotatable bonds is 2. The van der Waals surface area contributed by atoms with Gasteiger partial charge in [0.1, 0.15) is 0 Å². The van der Waals surface area contributed by atoms with E-state index in [-0.39, 0.29) is 18.3 Å². The SMILES string of the molecule is CO/C=C/B1OC(C)(C)C(C)(C)O1. The summed E-state index contributed by atoms with van der Waals surface area (Å²) < 4.78 is 16.2. The summed E-state index contributed by atoms with van der Waals surface area (Å²) in [6.07, 6.45) is 1.57.